The lowest BCUT2D eigenvalue weighted by Gasteiger charge is -2.38. The van der Waals surface area contributed by atoms with Gasteiger partial charge in [-0.05, 0) is 43.0 Å². The van der Waals surface area contributed by atoms with E-state index in [-0.39, 0.29) is 31.2 Å². The number of halogens is 1. The molecular weight excluding hydrogens is 345 g/mol. The van der Waals surface area contributed by atoms with Gasteiger partial charge in [0.15, 0.2) is 5.78 Å². The van der Waals surface area contributed by atoms with Gasteiger partial charge in [-0.25, -0.2) is 4.39 Å². The van der Waals surface area contributed by atoms with Crippen molar-refractivity contribution in [1.29, 1.82) is 0 Å². The van der Waals surface area contributed by atoms with Crippen molar-refractivity contribution in [3.63, 3.8) is 0 Å². The van der Waals surface area contributed by atoms with E-state index in [4.69, 9.17) is 4.74 Å². The summed E-state index contributed by atoms with van der Waals surface area (Å²) in [6.07, 6.45) is 0.638. The minimum atomic E-state index is -1.19. The maximum atomic E-state index is 13.2. The zero-order valence-electron chi connectivity index (χ0n) is 15.5. The smallest absolute Gasteiger partial charge is 0.320 e. The molecule has 0 saturated carbocycles. The van der Waals surface area contributed by atoms with Gasteiger partial charge in [0.05, 0.1) is 13.2 Å². The molecule has 27 heavy (non-hydrogen) atoms. The number of rotatable bonds is 6. The largest absolute Gasteiger partial charge is 0.465 e. The number of carbonyl (C=O) groups is 2. The number of ketones is 1. The summed E-state index contributed by atoms with van der Waals surface area (Å²) in [5.74, 6) is -0.945. The molecular formula is C22H24FNO3. The van der Waals surface area contributed by atoms with Gasteiger partial charge in [-0.1, -0.05) is 42.5 Å². The lowest BCUT2D eigenvalue weighted by molar-refractivity contribution is -0.163. The van der Waals surface area contributed by atoms with Gasteiger partial charge in [-0.2, -0.15) is 0 Å². The predicted octanol–water partition coefficient (Wildman–Crippen LogP) is 3.39. The highest BCUT2D eigenvalue weighted by atomic mass is 19.1. The van der Waals surface area contributed by atoms with Crippen molar-refractivity contribution in [2.45, 2.75) is 26.3 Å². The molecule has 0 radical (unpaired) electrons. The number of benzene rings is 2. The number of Topliss-reactive ketones (excluding diaryl/α,β-unsaturated/α-hetero) is 1. The Morgan fingerprint density at radius 1 is 1.11 bits per heavy atom. The molecule has 0 aliphatic carbocycles. The van der Waals surface area contributed by atoms with Crippen LogP contribution in [0, 0.1) is 11.2 Å². The topological polar surface area (TPSA) is 46.6 Å². The van der Waals surface area contributed by atoms with E-state index >= 15 is 0 Å². The van der Waals surface area contributed by atoms with Crippen molar-refractivity contribution in [1.82, 2.24) is 4.90 Å². The van der Waals surface area contributed by atoms with Gasteiger partial charge in [0.1, 0.15) is 11.2 Å². The van der Waals surface area contributed by atoms with Gasteiger partial charge in [-0.15, -0.1) is 0 Å². The van der Waals surface area contributed by atoms with Crippen LogP contribution >= 0.6 is 0 Å². The summed E-state index contributed by atoms with van der Waals surface area (Å²) in [4.78, 5) is 27.9. The number of nitrogens with zero attached hydrogens (tertiary/aromatic N) is 1. The quantitative estimate of drug-likeness (QED) is 0.578. The van der Waals surface area contributed by atoms with Crippen LogP contribution in [0.3, 0.4) is 0 Å². The maximum absolute atomic E-state index is 13.2. The molecule has 1 aliphatic heterocycles. The standard InChI is InChI=1S/C22H24FNO3/c1-2-27-21(26)22(14-17-8-10-19(23)11-9-17)12-13-24(16-20(22)25)15-18-6-4-3-5-7-18/h3-11H,2,12-16H2,1H3. The molecule has 1 fully saturated rings. The number of piperidine rings is 1. The Labute approximate surface area is 158 Å². The molecule has 1 heterocycles. The summed E-state index contributed by atoms with van der Waals surface area (Å²) in [7, 11) is 0. The van der Waals surface area contributed by atoms with Crippen LogP contribution in [-0.4, -0.2) is 36.3 Å². The monoisotopic (exact) mass is 369 g/mol. The Hall–Kier alpha value is -2.53. The molecule has 1 aliphatic rings. The third-order valence-electron chi connectivity index (χ3n) is 5.09. The summed E-state index contributed by atoms with van der Waals surface area (Å²) in [5, 5.41) is 0. The van der Waals surface area contributed by atoms with Crippen LogP contribution < -0.4 is 0 Å². The van der Waals surface area contributed by atoms with Crippen LogP contribution in [0.4, 0.5) is 4.39 Å². The molecule has 1 unspecified atom stereocenters. The fraction of sp³-hybridized carbons (Fsp3) is 0.364. The first-order chi connectivity index (χ1) is 13.0. The van der Waals surface area contributed by atoms with E-state index in [0.717, 1.165) is 11.1 Å². The minimum absolute atomic E-state index is 0.132. The van der Waals surface area contributed by atoms with E-state index < -0.39 is 11.4 Å². The Morgan fingerprint density at radius 2 is 1.81 bits per heavy atom. The first-order valence-electron chi connectivity index (χ1n) is 9.25. The third kappa shape index (κ3) is 4.42. The second kappa shape index (κ2) is 8.44. The molecule has 0 aromatic heterocycles. The summed E-state index contributed by atoms with van der Waals surface area (Å²) >= 11 is 0. The number of esters is 1. The summed E-state index contributed by atoms with van der Waals surface area (Å²) in [6, 6.07) is 15.9. The Bertz CT molecular complexity index is 791. The van der Waals surface area contributed by atoms with E-state index in [1.807, 2.05) is 30.3 Å². The predicted molar refractivity (Wildman–Crippen MR) is 101 cm³/mol. The van der Waals surface area contributed by atoms with Crippen LogP contribution in [-0.2, 0) is 27.3 Å². The molecule has 3 rings (SSSR count). The fourth-order valence-corrected chi connectivity index (χ4v) is 3.59. The Morgan fingerprint density at radius 3 is 2.44 bits per heavy atom. The molecule has 2 aromatic rings. The average Bonchev–Trinajstić information content (AvgIpc) is 2.67. The number of likely N-dealkylation sites (tertiary alicyclic amines) is 1. The molecule has 142 valence electrons. The van der Waals surface area contributed by atoms with E-state index in [0.29, 0.717) is 19.5 Å². The summed E-state index contributed by atoms with van der Waals surface area (Å²) < 4.78 is 18.5. The van der Waals surface area contributed by atoms with E-state index in [9.17, 15) is 14.0 Å². The lowest BCUT2D eigenvalue weighted by atomic mass is 9.72. The van der Waals surface area contributed by atoms with Crippen molar-refractivity contribution in [3.8, 4) is 0 Å². The normalized spacial score (nSPS) is 20.4. The lowest BCUT2D eigenvalue weighted by Crippen LogP contribution is -2.53. The number of carbonyl (C=O) groups excluding carboxylic acids is 2. The number of hydrogen-bond acceptors (Lipinski definition) is 4. The summed E-state index contributed by atoms with van der Waals surface area (Å²) in [6.45, 7) is 3.46. The Kier molecular flexibility index (Phi) is 6.01. The zero-order chi connectivity index (χ0) is 19.3. The molecule has 4 nitrogen and oxygen atoms in total. The van der Waals surface area contributed by atoms with Crippen LogP contribution in [0.2, 0.25) is 0 Å². The molecule has 1 saturated heterocycles. The van der Waals surface area contributed by atoms with Gasteiger partial charge < -0.3 is 4.74 Å². The third-order valence-corrected chi connectivity index (χ3v) is 5.09. The van der Waals surface area contributed by atoms with Gasteiger partial charge in [-0.3, -0.25) is 14.5 Å². The van der Waals surface area contributed by atoms with Crippen molar-refractivity contribution >= 4 is 11.8 Å². The number of ether oxygens (including phenoxy) is 1. The highest BCUT2D eigenvalue weighted by Gasteiger charge is 2.49. The van der Waals surface area contributed by atoms with Crippen LogP contribution in [0.5, 0.6) is 0 Å². The van der Waals surface area contributed by atoms with E-state index in [2.05, 4.69) is 4.90 Å². The molecule has 2 aromatic carbocycles. The van der Waals surface area contributed by atoms with Crippen molar-refractivity contribution in [2.24, 2.45) is 5.41 Å². The maximum Gasteiger partial charge on any atom is 0.320 e. The van der Waals surface area contributed by atoms with E-state index in [1.54, 1.807) is 19.1 Å². The van der Waals surface area contributed by atoms with Gasteiger partial charge in [0.25, 0.3) is 0 Å². The zero-order valence-corrected chi connectivity index (χ0v) is 15.5. The van der Waals surface area contributed by atoms with Gasteiger partial charge in [0.2, 0.25) is 0 Å². The van der Waals surface area contributed by atoms with E-state index in [1.165, 1.54) is 12.1 Å². The second-order valence-electron chi connectivity index (χ2n) is 6.98. The van der Waals surface area contributed by atoms with Crippen LogP contribution in [0.25, 0.3) is 0 Å². The molecule has 1 atom stereocenters. The average molecular weight is 369 g/mol. The first kappa shape index (κ1) is 19.2. The highest BCUT2D eigenvalue weighted by Crippen LogP contribution is 2.35. The minimum Gasteiger partial charge on any atom is -0.465 e. The SMILES string of the molecule is CCOC(=O)C1(Cc2ccc(F)cc2)CCN(Cc2ccccc2)CC1=O. The molecule has 0 spiro atoms. The van der Waals surface area contributed by atoms with Crippen molar-refractivity contribution in [2.75, 3.05) is 19.7 Å². The molecule has 0 amide bonds. The number of hydrogen-bond donors (Lipinski definition) is 0. The van der Waals surface area contributed by atoms with Gasteiger partial charge >= 0.3 is 5.97 Å². The van der Waals surface area contributed by atoms with Crippen LogP contribution in [0.1, 0.15) is 24.5 Å². The van der Waals surface area contributed by atoms with Crippen LogP contribution in [0.15, 0.2) is 54.6 Å². The fourth-order valence-electron chi connectivity index (χ4n) is 3.59. The molecule has 0 bridgehead atoms. The second-order valence-corrected chi connectivity index (χ2v) is 6.98. The van der Waals surface area contributed by atoms with Crippen molar-refractivity contribution < 1.29 is 18.7 Å². The molecule has 5 heteroatoms. The Balaban J connectivity index is 1.78. The molecule has 0 N–H and O–H groups in total. The van der Waals surface area contributed by atoms with Crippen molar-refractivity contribution in [3.05, 3.63) is 71.5 Å². The summed E-state index contributed by atoms with van der Waals surface area (Å²) in [5.41, 5.74) is 0.697. The van der Waals surface area contributed by atoms with Gasteiger partial charge in [0, 0.05) is 13.1 Å². The highest BCUT2D eigenvalue weighted by molar-refractivity contribution is 6.05. The first-order valence-corrected chi connectivity index (χ1v) is 9.25.